The summed E-state index contributed by atoms with van der Waals surface area (Å²) >= 11 is 0. The van der Waals surface area contributed by atoms with Crippen LogP contribution in [-0.2, 0) is 0 Å². The van der Waals surface area contributed by atoms with E-state index in [9.17, 15) is 9.18 Å². The summed E-state index contributed by atoms with van der Waals surface area (Å²) in [6.45, 7) is 1.78. The maximum absolute atomic E-state index is 13.9. The summed E-state index contributed by atoms with van der Waals surface area (Å²) in [7, 11) is 0. The minimum absolute atomic E-state index is 0.0142. The van der Waals surface area contributed by atoms with Gasteiger partial charge in [0.05, 0.1) is 11.1 Å². The molecule has 1 aliphatic heterocycles. The monoisotopic (exact) mass is 498 g/mol. The Kier molecular flexibility index (Phi) is 7.21. The van der Waals surface area contributed by atoms with E-state index in [-0.39, 0.29) is 11.5 Å². The summed E-state index contributed by atoms with van der Waals surface area (Å²) in [5.41, 5.74) is 7.86. The molecule has 0 saturated carbocycles. The fraction of sp³-hybridized carbons (Fsp3) is 0.214. The number of carbonyl (C=O) groups is 1. The summed E-state index contributed by atoms with van der Waals surface area (Å²) in [5.74, 6) is 1.79. The number of pyridine rings is 1. The van der Waals surface area contributed by atoms with Crippen molar-refractivity contribution in [1.29, 1.82) is 0 Å². The Morgan fingerprint density at radius 3 is 2.43 bits per heavy atom. The van der Waals surface area contributed by atoms with E-state index < -0.39 is 5.95 Å². The van der Waals surface area contributed by atoms with E-state index in [0.717, 1.165) is 29.7 Å². The molecule has 37 heavy (non-hydrogen) atoms. The van der Waals surface area contributed by atoms with Crippen molar-refractivity contribution in [3.63, 3.8) is 0 Å². The Labute approximate surface area is 214 Å². The molecule has 4 aromatic rings. The minimum atomic E-state index is -0.732. The van der Waals surface area contributed by atoms with Crippen LogP contribution >= 0.6 is 0 Å². The van der Waals surface area contributed by atoms with Crippen molar-refractivity contribution in [2.45, 2.75) is 12.8 Å². The number of aromatic nitrogens is 3. The maximum atomic E-state index is 13.9. The van der Waals surface area contributed by atoms with Crippen LogP contribution in [0.25, 0.3) is 11.1 Å². The summed E-state index contributed by atoms with van der Waals surface area (Å²) in [4.78, 5) is 26.5. The predicted octanol–water partition coefficient (Wildman–Crippen LogP) is 5.02. The van der Waals surface area contributed by atoms with Gasteiger partial charge in [-0.15, -0.1) is 0 Å². The van der Waals surface area contributed by atoms with Crippen molar-refractivity contribution in [3.8, 4) is 22.6 Å². The lowest BCUT2D eigenvalue weighted by Crippen LogP contribution is -2.40. The number of halogens is 1. The van der Waals surface area contributed by atoms with Gasteiger partial charge in [-0.1, -0.05) is 30.3 Å². The maximum Gasteiger partial charge on any atom is 0.258 e. The van der Waals surface area contributed by atoms with Gasteiger partial charge in [-0.2, -0.15) is 4.39 Å². The number of hydrogen-bond donors (Lipinski definition) is 2. The lowest BCUT2D eigenvalue weighted by molar-refractivity contribution is 0.0689. The molecule has 0 radical (unpaired) electrons. The van der Waals surface area contributed by atoms with E-state index in [1.54, 1.807) is 11.0 Å². The number of nitrogens with one attached hydrogen (secondary N) is 1. The van der Waals surface area contributed by atoms with Gasteiger partial charge in [-0.05, 0) is 60.7 Å². The van der Waals surface area contributed by atoms with Gasteiger partial charge in [0.2, 0.25) is 5.95 Å². The number of piperidine rings is 1. The highest BCUT2D eigenvalue weighted by atomic mass is 19.1. The fourth-order valence-corrected chi connectivity index (χ4v) is 4.43. The Hall–Kier alpha value is -4.53. The van der Waals surface area contributed by atoms with Crippen LogP contribution in [0.4, 0.5) is 16.0 Å². The van der Waals surface area contributed by atoms with Crippen molar-refractivity contribution in [2.24, 2.45) is 5.92 Å². The molecule has 3 N–H and O–H groups in total. The summed E-state index contributed by atoms with van der Waals surface area (Å²) in [5, 5.41) is 3.43. The second kappa shape index (κ2) is 11.0. The zero-order valence-electron chi connectivity index (χ0n) is 20.2. The van der Waals surface area contributed by atoms with E-state index in [1.807, 2.05) is 54.6 Å². The molecule has 1 amide bonds. The molecular weight excluding hydrogens is 471 g/mol. The highest BCUT2D eigenvalue weighted by Gasteiger charge is 2.26. The molecule has 8 nitrogen and oxygen atoms in total. The van der Waals surface area contributed by atoms with Gasteiger partial charge < -0.3 is 20.7 Å². The first-order valence-electron chi connectivity index (χ1n) is 12.2. The minimum Gasteiger partial charge on any atom is -0.457 e. The molecule has 1 aliphatic rings. The zero-order chi connectivity index (χ0) is 25.6. The third-order valence-electron chi connectivity index (χ3n) is 6.45. The summed E-state index contributed by atoms with van der Waals surface area (Å²) in [6.07, 6.45) is 4.37. The second-order valence-corrected chi connectivity index (χ2v) is 8.88. The third kappa shape index (κ3) is 5.66. The average molecular weight is 499 g/mol. The van der Waals surface area contributed by atoms with E-state index in [2.05, 4.69) is 20.3 Å². The van der Waals surface area contributed by atoms with Crippen LogP contribution in [0.15, 0.2) is 79.3 Å². The van der Waals surface area contributed by atoms with Crippen molar-refractivity contribution >= 4 is 17.5 Å². The number of carbonyl (C=O) groups excluding carboxylic acids is 1. The molecule has 0 atom stereocenters. The molecule has 2 aromatic heterocycles. The van der Waals surface area contributed by atoms with Crippen molar-refractivity contribution in [3.05, 3.63) is 90.8 Å². The number of nitrogen functional groups attached to an aromatic ring is 1. The van der Waals surface area contributed by atoms with Crippen LogP contribution in [0.2, 0.25) is 0 Å². The topological polar surface area (TPSA) is 106 Å². The number of hydrogen-bond acceptors (Lipinski definition) is 7. The van der Waals surface area contributed by atoms with E-state index in [0.29, 0.717) is 42.9 Å². The predicted molar refractivity (Wildman–Crippen MR) is 140 cm³/mol. The van der Waals surface area contributed by atoms with Crippen LogP contribution < -0.4 is 15.8 Å². The van der Waals surface area contributed by atoms with Gasteiger partial charge in [0.15, 0.2) is 0 Å². The van der Waals surface area contributed by atoms with Crippen molar-refractivity contribution < 1.29 is 13.9 Å². The van der Waals surface area contributed by atoms with Crippen molar-refractivity contribution in [1.82, 2.24) is 19.9 Å². The van der Waals surface area contributed by atoms with Gasteiger partial charge in [-0.25, -0.2) is 15.0 Å². The van der Waals surface area contributed by atoms with Gasteiger partial charge in [0, 0.05) is 25.8 Å². The lowest BCUT2D eigenvalue weighted by Gasteiger charge is -2.32. The lowest BCUT2D eigenvalue weighted by atomic mass is 9.96. The number of ether oxygens (including phenoxy) is 1. The van der Waals surface area contributed by atoms with Crippen LogP contribution in [0, 0.1) is 11.9 Å². The highest BCUT2D eigenvalue weighted by Crippen LogP contribution is 2.33. The molecule has 0 bridgehead atoms. The molecular formula is C28H27FN6O2. The van der Waals surface area contributed by atoms with Gasteiger partial charge in [-0.3, -0.25) is 4.79 Å². The number of nitrogens with zero attached hydrogens (tertiary/aromatic N) is 4. The highest BCUT2D eigenvalue weighted by molar-refractivity contribution is 5.94. The molecule has 1 fully saturated rings. The zero-order valence-corrected chi connectivity index (χ0v) is 20.2. The standard InChI is InChI=1S/C28H27FN6O2/c29-25-23(7-4-14-31-25)28(36)35-15-12-19(13-16-35)17-32-27-24(26(30)33-18-34-27)20-8-10-22(11-9-20)37-21-5-2-1-3-6-21/h1-11,14,18-19H,12-13,15-17H2,(H3,30,32,33,34). The number of likely N-dealkylation sites (tertiary alicyclic amines) is 1. The average Bonchev–Trinajstić information content (AvgIpc) is 2.93. The molecule has 9 heteroatoms. The molecule has 0 spiro atoms. The Balaban J connectivity index is 1.21. The molecule has 5 rings (SSSR count). The van der Waals surface area contributed by atoms with Crippen molar-refractivity contribution in [2.75, 3.05) is 30.7 Å². The van der Waals surface area contributed by atoms with Gasteiger partial charge in [0.25, 0.3) is 5.91 Å². The molecule has 1 saturated heterocycles. The van der Waals surface area contributed by atoms with E-state index in [4.69, 9.17) is 10.5 Å². The fourth-order valence-electron chi connectivity index (χ4n) is 4.43. The van der Waals surface area contributed by atoms with Crippen LogP contribution in [0.3, 0.4) is 0 Å². The Morgan fingerprint density at radius 1 is 0.973 bits per heavy atom. The first kappa shape index (κ1) is 24.2. The summed E-state index contributed by atoms with van der Waals surface area (Å²) < 4.78 is 19.8. The largest absolute Gasteiger partial charge is 0.457 e. The number of benzene rings is 2. The molecule has 0 aliphatic carbocycles. The number of anilines is 2. The number of para-hydroxylation sites is 1. The van der Waals surface area contributed by atoms with Gasteiger partial charge >= 0.3 is 0 Å². The molecule has 0 unspecified atom stereocenters. The normalized spacial score (nSPS) is 13.8. The first-order valence-corrected chi connectivity index (χ1v) is 12.2. The molecule has 3 heterocycles. The Bertz CT molecular complexity index is 1360. The number of rotatable bonds is 7. The Morgan fingerprint density at radius 2 is 1.70 bits per heavy atom. The quantitative estimate of drug-likeness (QED) is 0.345. The third-order valence-corrected chi connectivity index (χ3v) is 6.45. The van der Waals surface area contributed by atoms with E-state index >= 15 is 0 Å². The number of amides is 1. The molecule has 188 valence electrons. The first-order chi connectivity index (χ1) is 18.1. The van der Waals surface area contributed by atoms with Crippen LogP contribution in [0.5, 0.6) is 11.5 Å². The molecule has 2 aromatic carbocycles. The van der Waals surface area contributed by atoms with Crippen LogP contribution in [0.1, 0.15) is 23.2 Å². The second-order valence-electron chi connectivity index (χ2n) is 8.88. The smallest absolute Gasteiger partial charge is 0.258 e. The van der Waals surface area contributed by atoms with E-state index in [1.165, 1.54) is 18.6 Å². The summed E-state index contributed by atoms with van der Waals surface area (Å²) in [6, 6.07) is 20.3. The SMILES string of the molecule is Nc1ncnc(NCC2CCN(C(=O)c3cccnc3F)CC2)c1-c1ccc(Oc2ccccc2)cc1. The van der Waals surface area contributed by atoms with Crippen LogP contribution in [-0.4, -0.2) is 45.4 Å². The number of nitrogens with two attached hydrogens (primary N) is 1. The van der Waals surface area contributed by atoms with Gasteiger partial charge in [0.1, 0.15) is 29.5 Å².